The standard InChI is InChI=1S/C25H23NO5/c1-16-12-13-17(2)19(14-16)26-24(27)23(18-8-4-3-5-9-18)31-25(28)22-15-29-20-10-6-7-11-21(20)30-22/h3-14,22-23H,15H2,1-2H3,(H,26,27)/t22-,23-/m1/s1. The highest BCUT2D eigenvalue weighted by atomic mass is 16.6. The van der Waals surface area contributed by atoms with E-state index < -0.39 is 24.1 Å². The monoisotopic (exact) mass is 417 g/mol. The molecule has 1 heterocycles. The maximum atomic E-state index is 13.1. The Morgan fingerprint density at radius 1 is 0.968 bits per heavy atom. The van der Waals surface area contributed by atoms with Crippen molar-refractivity contribution in [1.29, 1.82) is 0 Å². The first kappa shape index (κ1) is 20.5. The van der Waals surface area contributed by atoms with E-state index >= 15 is 0 Å². The van der Waals surface area contributed by atoms with Crippen molar-refractivity contribution in [3.63, 3.8) is 0 Å². The second-order valence-corrected chi connectivity index (χ2v) is 7.40. The third kappa shape index (κ3) is 4.69. The number of anilines is 1. The van der Waals surface area contributed by atoms with E-state index in [1.165, 1.54) is 0 Å². The van der Waals surface area contributed by atoms with Crippen LogP contribution in [-0.2, 0) is 14.3 Å². The fourth-order valence-corrected chi connectivity index (χ4v) is 3.30. The highest BCUT2D eigenvalue weighted by Gasteiger charge is 2.33. The van der Waals surface area contributed by atoms with Gasteiger partial charge in [-0.15, -0.1) is 0 Å². The molecule has 0 aliphatic carbocycles. The second kappa shape index (κ2) is 8.92. The molecule has 4 rings (SSSR count). The summed E-state index contributed by atoms with van der Waals surface area (Å²) in [6.45, 7) is 3.86. The van der Waals surface area contributed by atoms with E-state index in [-0.39, 0.29) is 6.61 Å². The van der Waals surface area contributed by atoms with E-state index in [4.69, 9.17) is 14.2 Å². The van der Waals surface area contributed by atoms with Gasteiger partial charge in [-0.2, -0.15) is 0 Å². The average molecular weight is 417 g/mol. The Morgan fingerprint density at radius 3 is 2.45 bits per heavy atom. The molecule has 0 fully saturated rings. The molecule has 6 heteroatoms. The van der Waals surface area contributed by atoms with E-state index in [1.54, 1.807) is 42.5 Å². The van der Waals surface area contributed by atoms with Crippen LogP contribution in [0.1, 0.15) is 22.8 Å². The van der Waals surface area contributed by atoms with Gasteiger partial charge in [0.2, 0.25) is 12.2 Å². The molecule has 158 valence electrons. The molecule has 31 heavy (non-hydrogen) atoms. The largest absolute Gasteiger partial charge is 0.485 e. The van der Waals surface area contributed by atoms with Gasteiger partial charge in [0.1, 0.15) is 6.61 Å². The summed E-state index contributed by atoms with van der Waals surface area (Å²) in [5, 5.41) is 2.89. The number of carbonyl (C=O) groups is 2. The smallest absolute Gasteiger partial charge is 0.352 e. The molecule has 0 aromatic heterocycles. The number of para-hydroxylation sites is 2. The molecule has 0 spiro atoms. The van der Waals surface area contributed by atoms with Crippen molar-refractivity contribution in [2.24, 2.45) is 0 Å². The Labute approximate surface area is 180 Å². The molecule has 3 aromatic carbocycles. The molecule has 0 saturated carbocycles. The zero-order valence-electron chi connectivity index (χ0n) is 17.3. The maximum absolute atomic E-state index is 13.1. The van der Waals surface area contributed by atoms with Crippen LogP contribution in [-0.4, -0.2) is 24.6 Å². The predicted molar refractivity (Wildman–Crippen MR) is 116 cm³/mol. The van der Waals surface area contributed by atoms with Crippen LogP contribution >= 0.6 is 0 Å². The number of aryl methyl sites for hydroxylation is 2. The van der Waals surface area contributed by atoms with E-state index in [2.05, 4.69) is 5.32 Å². The van der Waals surface area contributed by atoms with Crippen LogP contribution in [0.15, 0.2) is 72.8 Å². The number of fused-ring (bicyclic) bond motifs is 1. The predicted octanol–water partition coefficient (Wildman–Crippen LogP) is 4.37. The van der Waals surface area contributed by atoms with Gasteiger partial charge in [-0.05, 0) is 43.2 Å². The number of rotatable bonds is 5. The summed E-state index contributed by atoms with van der Waals surface area (Å²) in [5.41, 5.74) is 3.17. The van der Waals surface area contributed by atoms with Crippen molar-refractivity contribution in [3.05, 3.63) is 89.5 Å². The van der Waals surface area contributed by atoms with E-state index in [9.17, 15) is 9.59 Å². The quantitative estimate of drug-likeness (QED) is 0.624. The second-order valence-electron chi connectivity index (χ2n) is 7.40. The third-order valence-electron chi connectivity index (χ3n) is 5.00. The SMILES string of the molecule is Cc1ccc(C)c(NC(=O)[C@H](OC(=O)[C@H]2COc3ccccc3O2)c2ccccc2)c1. The van der Waals surface area contributed by atoms with Crippen LogP contribution in [0.4, 0.5) is 5.69 Å². The molecular weight excluding hydrogens is 394 g/mol. The van der Waals surface area contributed by atoms with Gasteiger partial charge in [-0.3, -0.25) is 4.79 Å². The van der Waals surface area contributed by atoms with Crippen molar-refractivity contribution in [2.75, 3.05) is 11.9 Å². The minimum Gasteiger partial charge on any atom is -0.485 e. The third-order valence-corrected chi connectivity index (χ3v) is 5.00. The number of ether oxygens (including phenoxy) is 3. The van der Waals surface area contributed by atoms with Crippen molar-refractivity contribution < 1.29 is 23.8 Å². The normalized spacial score (nSPS) is 15.6. The number of carbonyl (C=O) groups excluding carboxylic acids is 2. The molecule has 1 N–H and O–H groups in total. The van der Waals surface area contributed by atoms with Crippen LogP contribution in [0.25, 0.3) is 0 Å². The highest BCUT2D eigenvalue weighted by Crippen LogP contribution is 2.32. The summed E-state index contributed by atoms with van der Waals surface area (Å²) >= 11 is 0. The first-order chi connectivity index (χ1) is 15.0. The molecule has 6 nitrogen and oxygen atoms in total. The van der Waals surface area contributed by atoms with Crippen LogP contribution < -0.4 is 14.8 Å². The van der Waals surface area contributed by atoms with Crippen molar-refractivity contribution in [1.82, 2.24) is 0 Å². The van der Waals surface area contributed by atoms with Gasteiger partial charge in [0, 0.05) is 11.3 Å². The average Bonchev–Trinajstić information content (AvgIpc) is 2.80. The summed E-state index contributed by atoms with van der Waals surface area (Å²) in [6.07, 6.45) is -2.09. The van der Waals surface area contributed by atoms with Crippen LogP contribution in [0.3, 0.4) is 0 Å². The lowest BCUT2D eigenvalue weighted by atomic mass is 10.1. The molecule has 0 bridgehead atoms. The zero-order valence-corrected chi connectivity index (χ0v) is 17.3. The molecule has 0 unspecified atom stereocenters. The Bertz CT molecular complexity index is 1100. The fourth-order valence-electron chi connectivity index (χ4n) is 3.30. The van der Waals surface area contributed by atoms with Gasteiger partial charge in [-0.25, -0.2) is 4.79 Å². The first-order valence-corrected chi connectivity index (χ1v) is 10.0. The number of hydrogen-bond donors (Lipinski definition) is 1. The summed E-state index contributed by atoms with van der Waals surface area (Å²) in [5.74, 6) is -0.0736. The van der Waals surface area contributed by atoms with Gasteiger partial charge in [0.15, 0.2) is 11.5 Å². The zero-order chi connectivity index (χ0) is 21.8. The van der Waals surface area contributed by atoms with Crippen molar-refractivity contribution >= 4 is 17.6 Å². The minimum atomic E-state index is -1.13. The summed E-state index contributed by atoms with van der Waals surface area (Å²) in [7, 11) is 0. The molecule has 1 amide bonds. The van der Waals surface area contributed by atoms with Gasteiger partial charge in [0.25, 0.3) is 5.91 Å². The number of nitrogens with one attached hydrogen (secondary N) is 1. The molecule has 0 saturated heterocycles. The number of hydrogen-bond acceptors (Lipinski definition) is 5. The first-order valence-electron chi connectivity index (χ1n) is 10.0. The lowest BCUT2D eigenvalue weighted by molar-refractivity contribution is -0.164. The summed E-state index contributed by atoms with van der Waals surface area (Å²) < 4.78 is 17.0. The van der Waals surface area contributed by atoms with E-state index in [1.807, 2.05) is 44.2 Å². The van der Waals surface area contributed by atoms with Gasteiger partial charge in [0.05, 0.1) is 0 Å². The molecule has 2 atom stereocenters. The van der Waals surface area contributed by atoms with E-state index in [0.29, 0.717) is 22.7 Å². The Balaban J connectivity index is 1.54. The van der Waals surface area contributed by atoms with Gasteiger partial charge >= 0.3 is 5.97 Å². The topological polar surface area (TPSA) is 73.9 Å². The number of benzene rings is 3. The Hall–Kier alpha value is -3.80. The van der Waals surface area contributed by atoms with Crippen LogP contribution in [0.5, 0.6) is 11.5 Å². The molecule has 3 aromatic rings. The fraction of sp³-hybridized carbons (Fsp3) is 0.200. The highest BCUT2D eigenvalue weighted by molar-refractivity contribution is 5.97. The Kier molecular flexibility index (Phi) is 5.89. The van der Waals surface area contributed by atoms with Crippen molar-refractivity contribution in [2.45, 2.75) is 26.1 Å². The van der Waals surface area contributed by atoms with Crippen LogP contribution in [0, 0.1) is 13.8 Å². The van der Waals surface area contributed by atoms with Crippen LogP contribution in [0.2, 0.25) is 0 Å². The lowest BCUT2D eigenvalue weighted by Crippen LogP contribution is -2.39. The molecule has 1 aliphatic rings. The van der Waals surface area contributed by atoms with Gasteiger partial charge in [-0.1, -0.05) is 54.6 Å². The molecule has 1 aliphatic heterocycles. The van der Waals surface area contributed by atoms with E-state index in [0.717, 1.165) is 11.1 Å². The lowest BCUT2D eigenvalue weighted by Gasteiger charge is -2.26. The number of amides is 1. The Morgan fingerprint density at radius 2 is 1.68 bits per heavy atom. The maximum Gasteiger partial charge on any atom is 0.352 e. The molecule has 0 radical (unpaired) electrons. The minimum absolute atomic E-state index is 0.00988. The van der Waals surface area contributed by atoms with Gasteiger partial charge < -0.3 is 19.5 Å². The summed E-state index contributed by atoms with van der Waals surface area (Å²) in [4.78, 5) is 26.0. The number of esters is 1. The molecular formula is C25H23NO5. The van der Waals surface area contributed by atoms with Crippen molar-refractivity contribution in [3.8, 4) is 11.5 Å². The summed E-state index contributed by atoms with van der Waals surface area (Å²) in [6, 6.07) is 21.8.